The van der Waals surface area contributed by atoms with Crippen molar-refractivity contribution in [3.63, 3.8) is 0 Å². The zero-order chi connectivity index (χ0) is 28.4. The first-order valence-electron chi connectivity index (χ1n) is 14.4. The number of benzene rings is 1. The van der Waals surface area contributed by atoms with E-state index >= 15 is 0 Å². The third kappa shape index (κ3) is 7.91. The molecular formula is C29H44F2N2O5S. The van der Waals surface area contributed by atoms with Crippen molar-refractivity contribution in [1.29, 1.82) is 0 Å². The van der Waals surface area contributed by atoms with Crippen LogP contribution in [0, 0.1) is 12.8 Å². The van der Waals surface area contributed by atoms with E-state index < -0.39 is 33.6 Å². The van der Waals surface area contributed by atoms with E-state index in [2.05, 4.69) is 5.32 Å². The molecule has 3 aliphatic rings. The smallest absolute Gasteiger partial charge is 0.324 e. The number of rotatable bonds is 9. The topological polar surface area (TPSA) is 84.9 Å². The molecule has 1 aromatic rings. The van der Waals surface area contributed by atoms with Crippen molar-refractivity contribution in [2.45, 2.75) is 127 Å². The van der Waals surface area contributed by atoms with Gasteiger partial charge in [0.15, 0.2) is 0 Å². The first-order chi connectivity index (χ1) is 18.2. The molecular weight excluding hydrogens is 526 g/mol. The van der Waals surface area contributed by atoms with Crippen LogP contribution in [-0.2, 0) is 19.6 Å². The molecule has 1 aliphatic heterocycles. The first-order valence-corrected chi connectivity index (χ1v) is 15.8. The van der Waals surface area contributed by atoms with Gasteiger partial charge in [-0.1, -0.05) is 6.07 Å². The zero-order valence-corrected chi connectivity index (χ0v) is 24.5. The van der Waals surface area contributed by atoms with E-state index in [-0.39, 0.29) is 36.4 Å². The van der Waals surface area contributed by atoms with Crippen LogP contribution >= 0.6 is 0 Å². The van der Waals surface area contributed by atoms with Gasteiger partial charge in [0.1, 0.15) is 22.3 Å². The Balaban J connectivity index is 1.37. The summed E-state index contributed by atoms with van der Waals surface area (Å²) in [5.41, 5.74) is 0.193. The minimum absolute atomic E-state index is 0.0400. The number of esters is 1. The third-order valence-corrected chi connectivity index (χ3v) is 10.0. The lowest BCUT2D eigenvalue weighted by molar-refractivity contribution is -0.158. The van der Waals surface area contributed by atoms with Gasteiger partial charge in [-0.05, 0) is 109 Å². The molecule has 3 fully saturated rings. The maximum Gasteiger partial charge on any atom is 0.324 e. The van der Waals surface area contributed by atoms with Crippen LogP contribution in [0.25, 0.3) is 0 Å². The SMILES string of the molecule is Cc1ccc(S(=O)(=O)N2CCC[C@H]2C(=O)OC(C)(C)C)c(O[C@H]2CC[C@@H](CCNC3CCC(F)(F)CC3)C2)c1. The van der Waals surface area contributed by atoms with E-state index in [9.17, 15) is 22.0 Å². The van der Waals surface area contributed by atoms with E-state index in [0.717, 1.165) is 37.8 Å². The summed E-state index contributed by atoms with van der Waals surface area (Å²) < 4.78 is 67.5. The van der Waals surface area contributed by atoms with Crippen LogP contribution in [0.4, 0.5) is 8.78 Å². The summed E-state index contributed by atoms with van der Waals surface area (Å²) in [5, 5.41) is 3.45. The maximum atomic E-state index is 13.8. The summed E-state index contributed by atoms with van der Waals surface area (Å²) in [6, 6.07) is 4.41. The van der Waals surface area contributed by atoms with Gasteiger partial charge in [0.05, 0.1) is 6.10 Å². The molecule has 0 radical (unpaired) electrons. The molecule has 2 saturated carbocycles. The molecule has 7 nitrogen and oxygen atoms in total. The highest BCUT2D eigenvalue weighted by Crippen LogP contribution is 2.37. The first kappa shape index (κ1) is 30.2. The minimum Gasteiger partial charge on any atom is -0.489 e. The minimum atomic E-state index is -3.98. The summed E-state index contributed by atoms with van der Waals surface area (Å²) >= 11 is 0. The summed E-state index contributed by atoms with van der Waals surface area (Å²) in [5.74, 6) is -2.27. The van der Waals surface area contributed by atoms with Crippen LogP contribution in [-0.4, -0.2) is 61.5 Å². The molecule has 10 heteroatoms. The lowest BCUT2D eigenvalue weighted by Gasteiger charge is -2.29. The molecule has 0 unspecified atom stereocenters. The van der Waals surface area contributed by atoms with Crippen molar-refractivity contribution in [1.82, 2.24) is 9.62 Å². The number of carbonyl (C=O) groups excluding carboxylic acids is 1. The molecule has 0 spiro atoms. The Bertz CT molecular complexity index is 1110. The molecule has 3 atom stereocenters. The lowest BCUT2D eigenvalue weighted by atomic mass is 9.92. The van der Waals surface area contributed by atoms with Crippen molar-refractivity contribution in [2.75, 3.05) is 13.1 Å². The number of aryl methyl sites for hydroxylation is 1. The maximum absolute atomic E-state index is 13.8. The molecule has 1 saturated heterocycles. The Kier molecular flexibility index (Phi) is 9.28. The monoisotopic (exact) mass is 570 g/mol. The normalized spacial score (nSPS) is 26.6. The highest BCUT2D eigenvalue weighted by molar-refractivity contribution is 7.89. The van der Waals surface area contributed by atoms with Crippen molar-refractivity contribution in [3.05, 3.63) is 23.8 Å². The molecule has 1 aromatic carbocycles. The molecule has 1 heterocycles. The fraction of sp³-hybridized carbons (Fsp3) is 0.759. The number of nitrogens with one attached hydrogen (secondary N) is 1. The molecule has 0 aromatic heterocycles. The Hall–Kier alpha value is -1.78. The molecule has 0 amide bonds. The summed E-state index contributed by atoms with van der Waals surface area (Å²) in [6.07, 6.45) is 5.44. The Morgan fingerprint density at radius 1 is 1.13 bits per heavy atom. The molecule has 220 valence electrons. The average Bonchev–Trinajstić information content (AvgIpc) is 3.49. The molecule has 1 N–H and O–H groups in total. The highest BCUT2D eigenvalue weighted by Gasteiger charge is 2.43. The van der Waals surface area contributed by atoms with Crippen molar-refractivity contribution < 1.29 is 31.5 Å². The Labute approximate surface area is 232 Å². The average molecular weight is 571 g/mol. The number of halogens is 2. The van der Waals surface area contributed by atoms with Crippen LogP contribution in [0.2, 0.25) is 0 Å². The zero-order valence-electron chi connectivity index (χ0n) is 23.7. The standard InChI is InChI=1S/C29H44F2N2O5S/c1-20-7-10-26(39(35,36)33-17-5-6-24(33)27(34)38-28(2,3)4)25(18-20)37-23-9-8-21(19-23)13-16-32-22-11-14-29(30,31)15-12-22/h7,10,18,21-24,32H,5-6,8-9,11-17,19H2,1-4H3/t21-,23-,24-/m0/s1. The van der Waals surface area contributed by atoms with E-state index in [1.54, 1.807) is 39.0 Å². The van der Waals surface area contributed by atoms with Crippen molar-refractivity contribution in [3.8, 4) is 5.75 Å². The van der Waals surface area contributed by atoms with Crippen LogP contribution < -0.4 is 10.1 Å². The van der Waals surface area contributed by atoms with Crippen molar-refractivity contribution in [2.24, 2.45) is 5.92 Å². The fourth-order valence-corrected chi connectivity index (χ4v) is 7.74. The molecule has 0 bridgehead atoms. The largest absolute Gasteiger partial charge is 0.489 e. The molecule has 2 aliphatic carbocycles. The second kappa shape index (κ2) is 12.0. The predicted octanol–water partition coefficient (Wildman–Crippen LogP) is 5.59. The third-order valence-electron chi connectivity index (χ3n) is 8.06. The lowest BCUT2D eigenvalue weighted by Crippen LogP contribution is -2.43. The Morgan fingerprint density at radius 3 is 2.54 bits per heavy atom. The van der Waals surface area contributed by atoms with Gasteiger partial charge < -0.3 is 14.8 Å². The predicted molar refractivity (Wildman–Crippen MR) is 146 cm³/mol. The number of sulfonamides is 1. The van der Waals surface area contributed by atoms with Crippen LogP contribution in [0.3, 0.4) is 0 Å². The van der Waals surface area contributed by atoms with Crippen LogP contribution in [0.1, 0.15) is 90.5 Å². The number of hydrogen-bond acceptors (Lipinski definition) is 6. The molecule has 4 rings (SSSR count). The summed E-state index contributed by atoms with van der Waals surface area (Å²) in [6.45, 7) is 8.26. The van der Waals surface area contributed by atoms with E-state index in [4.69, 9.17) is 9.47 Å². The number of nitrogens with zero attached hydrogens (tertiary/aromatic N) is 1. The number of carbonyl (C=O) groups is 1. The van der Waals surface area contributed by atoms with Gasteiger partial charge in [-0.2, -0.15) is 4.31 Å². The van der Waals surface area contributed by atoms with Gasteiger partial charge in [0.25, 0.3) is 0 Å². The summed E-state index contributed by atoms with van der Waals surface area (Å²) in [7, 11) is -3.98. The van der Waals surface area contributed by atoms with E-state index in [1.165, 1.54) is 4.31 Å². The van der Waals surface area contributed by atoms with E-state index in [1.807, 2.05) is 6.92 Å². The Morgan fingerprint density at radius 2 is 1.85 bits per heavy atom. The summed E-state index contributed by atoms with van der Waals surface area (Å²) in [4.78, 5) is 12.9. The van der Waals surface area contributed by atoms with Gasteiger partial charge in [-0.15, -0.1) is 0 Å². The number of ether oxygens (including phenoxy) is 2. The van der Waals surface area contributed by atoms with Gasteiger partial charge in [-0.25, -0.2) is 17.2 Å². The highest BCUT2D eigenvalue weighted by atomic mass is 32.2. The second-order valence-corrected chi connectivity index (χ2v) is 14.4. The van der Waals surface area contributed by atoms with Crippen LogP contribution in [0.5, 0.6) is 5.75 Å². The second-order valence-electron chi connectivity index (χ2n) is 12.5. The van der Waals surface area contributed by atoms with Gasteiger partial charge in [0.2, 0.25) is 15.9 Å². The van der Waals surface area contributed by atoms with Gasteiger partial charge >= 0.3 is 5.97 Å². The quantitative estimate of drug-likeness (QED) is 0.390. The van der Waals surface area contributed by atoms with Crippen LogP contribution in [0.15, 0.2) is 23.1 Å². The fourth-order valence-electron chi connectivity index (χ4n) is 5.99. The number of alkyl halides is 2. The van der Waals surface area contributed by atoms with Crippen molar-refractivity contribution >= 4 is 16.0 Å². The van der Waals surface area contributed by atoms with Gasteiger partial charge in [0, 0.05) is 25.4 Å². The number of hydrogen-bond donors (Lipinski definition) is 1. The van der Waals surface area contributed by atoms with Gasteiger partial charge in [-0.3, -0.25) is 4.79 Å². The van der Waals surface area contributed by atoms with E-state index in [0.29, 0.717) is 37.4 Å². The molecule has 39 heavy (non-hydrogen) atoms.